The maximum atomic E-state index is 2.39. The standard InChI is InChI=1S/C21H24S/c1-16(14-17-8-5-4-6-9-17)18-10-11-19-20(15-18)22-13-7-12-21(19,2)3/h4-6,8-11,14-15H,7,12-13H2,1-3H3. The third-order valence-electron chi connectivity index (χ3n) is 4.55. The quantitative estimate of drug-likeness (QED) is 0.578. The molecule has 0 saturated heterocycles. The number of hydrogen-bond donors (Lipinski definition) is 0. The van der Waals surface area contributed by atoms with E-state index in [0.717, 1.165) is 0 Å². The molecular formula is C21H24S. The van der Waals surface area contributed by atoms with Crippen molar-refractivity contribution in [2.24, 2.45) is 0 Å². The first-order valence-corrected chi connectivity index (χ1v) is 9.06. The van der Waals surface area contributed by atoms with Crippen molar-refractivity contribution in [3.63, 3.8) is 0 Å². The summed E-state index contributed by atoms with van der Waals surface area (Å²) in [5.41, 5.74) is 5.76. The molecule has 0 aliphatic carbocycles. The monoisotopic (exact) mass is 308 g/mol. The van der Waals surface area contributed by atoms with E-state index in [-0.39, 0.29) is 0 Å². The van der Waals surface area contributed by atoms with Gasteiger partial charge in [0.1, 0.15) is 0 Å². The minimum atomic E-state index is 0.300. The van der Waals surface area contributed by atoms with Gasteiger partial charge in [0.2, 0.25) is 0 Å². The number of hydrogen-bond acceptors (Lipinski definition) is 1. The molecule has 22 heavy (non-hydrogen) atoms. The van der Waals surface area contributed by atoms with Gasteiger partial charge >= 0.3 is 0 Å². The topological polar surface area (TPSA) is 0 Å². The van der Waals surface area contributed by atoms with Crippen molar-refractivity contribution in [1.29, 1.82) is 0 Å². The van der Waals surface area contributed by atoms with Crippen LogP contribution in [0, 0.1) is 0 Å². The Balaban J connectivity index is 1.97. The van der Waals surface area contributed by atoms with Gasteiger partial charge in [-0.1, -0.05) is 62.4 Å². The molecule has 2 aromatic rings. The zero-order valence-corrected chi connectivity index (χ0v) is 14.5. The Bertz CT molecular complexity index is 680. The van der Waals surface area contributed by atoms with Gasteiger partial charge in [0, 0.05) is 4.90 Å². The molecule has 0 unspecified atom stereocenters. The van der Waals surface area contributed by atoms with Crippen molar-refractivity contribution in [2.45, 2.75) is 43.9 Å². The zero-order valence-electron chi connectivity index (χ0n) is 13.7. The molecule has 0 spiro atoms. The molecule has 0 aromatic heterocycles. The summed E-state index contributed by atoms with van der Waals surface area (Å²) in [5, 5.41) is 0. The maximum absolute atomic E-state index is 2.39. The van der Waals surface area contributed by atoms with Crippen molar-refractivity contribution in [3.05, 3.63) is 65.2 Å². The smallest absolute Gasteiger partial charge is 0.0115 e. The predicted octanol–water partition coefficient (Wildman–Crippen LogP) is 6.41. The normalized spacial score (nSPS) is 17.7. The number of thioether (sulfide) groups is 1. The number of benzene rings is 2. The minimum Gasteiger partial charge on any atom is -0.126 e. The summed E-state index contributed by atoms with van der Waals surface area (Å²) in [6.07, 6.45) is 4.86. The van der Waals surface area contributed by atoms with Crippen LogP contribution in [0.3, 0.4) is 0 Å². The molecule has 1 aliphatic rings. The second-order valence-electron chi connectivity index (χ2n) is 6.78. The summed E-state index contributed by atoms with van der Waals surface area (Å²) in [6, 6.07) is 17.6. The van der Waals surface area contributed by atoms with E-state index in [4.69, 9.17) is 0 Å². The van der Waals surface area contributed by atoms with E-state index in [1.165, 1.54) is 45.8 Å². The summed E-state index contributed by atoms with van der Waals surface area (Å²) in [4.78, 5) is 1.47. The highest BCUT2D eigenvalue weighted by Crippen LogP contribution is 2.41. The van der Waals surface area contributed by atoms with Crippen molar-refractivity contribution >= 4 is 23.4 Å². The predicted molar refractivity (Wildman–Crippen MR) is 99.4 cm³/mol. The van der Waals surface area contributed by atoms with Crippen LogP contribution in [0.2, 0.25) is 0 Å². The fourth-order valence-corrected chi connectivity index (χ4v) is 4.38. The van der Waals surface area contributed by atoms with E-state index in [1.807, 2.05) is 11.8 Å². The van der Waals surface area contributed by atoms with Crippen LogP contribution in [0.5, 0.6) is 0 Å². The summed E-state index contributed by atoms with van der Waals surface area (Å²) in [7, 11) is 0. The summed E-state index contributed by atoms with van der Waals surface area (Å²) < 4.78 is 0. The fourth-order valence-electron chi connectivity index (χ4n) is 3.16. The first-order chi connectivity index (χ1) is 10.6. The summed E-state index contributed by atoms with van der Waals surface area (Å²) in [6.45, 7) is 6.97. The van der Waals surface area contributed by atoms with E-state index in [1.54, 1.807) is 0 Å². The Hall–Kier alpha value is -1.47. The molecule has 0 fully saturated rings. The van der Waals surface area contributed by atoms with Crippen LogP contribution in [-0.2, 0) is 5.41 Å². The lowest BCUT2D eigenvalue weighted by Gasteiger charge is -2.25. The lowest BCUT2D eigenvalue weighted by molar-refractivity contribution is 0.472. The van der Waals surface area contributed by atoms with Crippen LogP contribution in [0.1, 0.15) is 50.3 Å². The number of rotatable bonds is 2. The molecule has 0 saturated carbocycles. The Morgan fingerprint density at radius 1 is 1.09 bits per heavy atom. The second kappa shape index (κ2) is 6.34. The van der Waals surface area contributed by atoms with E-state index in [9.17, 15) is 0 Å². The van der Waals surface area contributed by atoms with Crippen LogP contribution in [-0.4, -0.2) is 5.75 Å². The van der Waals surface area contributed by atoms with Crippen molar-refractivity contribution in [3.8, 4) is 0 Å². The zero-order chi connectivity index (χ0) is 15.6. The molecule has 0 radical (unpaired) electrons. The molecular weight excluding hydrogens is 284 g/mol. The minimum absolute atomic E-state index is 0.300. The van der Waals surface area contributed by atoms with Gasteiger partial charge in [-0.2, -0.15) is 0 Å². The van der Waals surface area contributed by atoms with Crippen molar-refractivity contribution in [2.75, 3.05) is 5.75 Å². The highest BCUT2D eigenvalue weighted by molar-refractivity contribution is 7.99. The van der Waals surface area contributed by atoms with Gasteiger partial charge in [0.15, 0.2) is 0 Å². The molecule has 1 aliphatic heterocycles. The van der Waals surface area contributed by atoms with Gasteiger partial charge in [-0.3, -0.25) is 0 Å². The van der Waals surface area contributed by atoms with Crippen LogP contribution < -0.4 is 0 Å². The van der Waals surface area contributed by atoms with Crippen LogP contribution in [0.4, 0.5) is 0 Å². The van der Waals surface area contributed by atoms with Crippen molar-refractivity contribution in [1.82, 2.24) is 0 Å². The summed E-state index contributed by atoms with van der Waals surface area (Å²) >= 11 is 2.02. The fraction of sp³-hybridized carbons (Fsp3) is 0.333. The first kappa shape index (κ1) is 15.4. The molecule has 0 N–H and O–H groups in total. The average molecular weight is 308 g/mol. The highest BCUT2D eigenvalue weighted by Gasteiger charge is 2.26. The number of allylic oxidation sites excluding steroid dienone is 1. The molecule has 0 amide bonds. The van der Waals surface area contributed by atoms with Crippen LogP contribution in [0.15, 0.2) is 53.4 Å². The lowest BCUT2D eigenvalue weighted by atomic mass is 9.80. The highest BCUT2D eigenvalue weighted by atomic mass is 32.2. The Morgan fingerprint density at radius 3 is 2.64 bits per heavy atom. The number of fused-ring (bicyclic) bond motifs is 1. The Labute approximate surface area is 138 Å². The van der Waals surface area contributed by atoms with Gasteiger partial charge in [-0.05, 0) is 59.3 Å². The van der Waals surface area contributed by atoms with Gasteiger partial charge < -0.3 is 0 Å². The largest absolute Gasteiger partial charge is 0.126 e. The van der Waals surface area contributed by atoms with E-state index < -0.39 is 0 Å². The molecule has 114 valence electrons. The van der Waals surface area contributed by atoms with Crippen molar-refractivity contribution < 1.29 is 0 Å². The van der Waals surface area contributed by atoms with Crippen LogP contribution >= 0.6 is 11.8 Å². The molecule has 3 rings (SSSR count). The van der Waals surface area contributed by atoms with E-state index >= 15 is 0 Å². The second-order valence-corrected chi connectivity index (χ2v) is 7.92. The molecule has 0 atom stereocenters. The van der Waals surface area contributed by atoms with Gasteiger partial charge in [-0.25, -0.2) is 0 Å². The molecule has 2 aromatic carbocycles. The van der Waals surface area contributed by atoms with Gasteiger partial charge in [0.25, 0.3) is 0 Å². The summed E-state index contributed by atoms with van der Waals surface area (Å²) in [5.74, 6) is 1.24. The molecule has 0 nitrogen and oxygen atoms in total. The average Bonchev–Trinajstić information content (AvgIpc) is 2.66. The van der Waals surface area contributed by atoms with E-state index in [0.29, 0.717) is 5.41 Å². The maximum Gasteiger partial charge on any atom is 0.0115 e. The molecule has 1 heterocycles. The molecule has 1 heteroatoms. The molecule has 0 bridgehead atoms. The first-order valence-electron chi connectivity index (χ1n) is 8.07. The third-order valence-corrected chi connectivity index (χ3v) is 5.69. The van der Waals surface area contributed by atoms with Gasteiger partial charge in [0.05, 0.1) is 0 Å². The third kappa shape index (κ3) is 3.30. The lowest BCUT2D eigenvalue weighted by Crippen LogP contribution is -2.16. The Kier molecular flexibility index (Phi) is 4.44. The van der Waals surface area contributed by atoms with Gasteiger partial charge in [-0.15, -0.1) is 11.8 Å². The Morgan fingerprint density at radius 2 is 1.86 bits per heavy atom. The SMILES string of the molecule is CC(=Cc1ccccc1)c1ccc2c(c1)SCCCC2(C)C. The van der Waals surface area contributed by atoms with Crippen LogP contribution in [0.25, 0.3) is 11.6 Å². The van der Waals surface area contributed by atoms with E-state index in [2.05, 4.69) is 75.4 Å².